The maximum absolute atomic E-state index is 12.1. The van der Waals surface area contributed by atoms with Crippen LogP contribution in [0.25, 0.3) is 11.0 Å². The molecule has 0 amide bonds. The number of hydrogen-bond acceptors (Lipinski definition) is 3. The number of carbonyl (C=O) groups is 1. The van der Waals surface area contributed by atoms with E-state index in [9.17, 15) is 4.79 Å². The van der Waals surface area contributed by atoms with Crippen LogP contribution < -0.4 is 0 Å². The van der Waals surface area contributed by atoms with E-state index in [1.807, 2.05) is 18.3 Å². The number of halogens is 1. The number of pyridine rings is 1. The van der Waals surface area contributed by atoms with Crippen molar-refractivity contribution in [2.45, 2.75) is 25.8 Å². The smallest absolute Gasteiger partial charge is 0.313 e. The third-order valence-electron chi connectivity index (χ3n) is 5.02. The molecule has 20 heavy (non-hydrogen) atoms. The molecule has 0 saturated heterocycles. The Balaban J connectivity index is 1.84. The number of aromatic nitrogens is 2. The number of rotatable bonds is 2. The van der Waals surface area contributed by atoms with Crippen molar-refractivity contribution in [2.24, 2.45) is 10.8 Å². The van der Waals surface area contributed by atoms with Crippen molar-refractivity contribution in [1.29, 1.82) is 0 Å². The number of methoxy groups -OCH3 is 1. The summed E-state index contributed by atoms with van der Waals surface area (Å²) in [5, 5.41) is 1.52. The molecule has 0 radical (unpaired) electrons. The Morgan fingerprint density at radius 3 is 2.85 bits per heavy atom. The lowest BCUT2D eigenvalue weighted by atomic mass is 9.32. The van der Waals surface area contributed by atoms with Crippen LogP contribution in [-0.2, 0) is 9.53 Å². The van der Waals surface area contributed by atoms with Crippen molar-refractivity contribution < 1.29 is 9.53 Å². The van der Waals surface area contributed by atoms with E-state index in [1.54, 1.807) is 6.07 Å². The summed E-state index contributed by atoms with van der Waals surface area (Å²) in [6.07, 6.45) is 3.81. The normalized spacial score (nSPS) is 34.5. The van der Waals surface area contributed by atoms with E-state index in [4.69, 9.17) is 16.3 Å². The van der Waals surface area contributed by atoms with Crippen molar-refractivity contribution in [2.75, 3.05) is 7.11 Å². The minimum Gasteiger partial charge on any atom is -0.469 e. The summed E-state index contributed by atoms with van der Waals surface area (Å²) in [6, 6.07) is 5.89. The second-order valence-corrected chi connectivity index (χ2v) is 6.71. The van der Waals surface area contributed by atoms with Gasteiger partial charge >= 0.3 is 5.97 Å². The number of hydrogen-bond donors (Lipinski definition) is 0. The molecule has 2 heterocycles. The van der Waals surface area contributed by atoms with Crippen molar-refractivity contribution >= 4 is 28.6 Å². The van der Waals surface area contributed by atoms with Crippen molar-refractivity contribution in [3.05, 3.63) is 29.5 Å². The Kier molecular flexibility index (Phi) is 2.17. The molecule has 1 atom stereocenters. The van der Waals surface area contributed by atoms with Gasteiger partial charge in [0.05, 0.1) is 18.6 Å². The number of ether oxygens (including phenoxy) is 1. The maximum Gasteiger partial charge on any atom is 0.313 e. The number of fused-ring (bicyclic) bond motifs is 1. The summed E-state index contributed by atoms with van der Waals surface area (Å²) < 4.78 is 7.11. The van der Waals surface area contributed by atoms with Crippen LogP contribution >= 0.6 is 11.6 Å². The Morgan fingerprint density at radius 1 is 1.45 bits per heavy atom. The van der Waals surface area contributed by atoms with E-state index in [0.717, 1.165) is 23.9 Å². The van der Waals surface area contributed by atoms with Crippen molar-refractivity contribution in [1.82, 2.24) is 9.55 Å². The topological polar surface area (TPSA) is 44.1 Å². The lowest BCUT2D eigenvalue weighted by Crippen LogP contribution is -2.72. The standard InChI is InChI=1S/C15H15ClN2O2/c1-14-7-15(8-14,13(19)20-2)12(14)18-6-5-9-3-4-10(16)17-11(9)18/h3-6,12H,7-8H2,1-2H3. The third-order valence-corrected chi connectivity index (χ3v) is 5.23. The third kappa shape index (κ3) is 1.23. The summed E-state index contributed by atoms with van der Waals surface area (Å²) in [4.78, 5) is 16.5. The Hall–Kier alpha value is -1.55. The second-order valence-electron chi connectivity index (χ2n) is 6.33. The van der Waals surface area contributed by atoms with Crippen LogP contribution in [-0.4, -0.2) is 22.6 Å². The zero-order valence-corrected chi connectivity index (χ0v) is 12.1. The molecule has 0 aliphatic heterocycles. The highest BCUT2D eigenvalue weighted by atomic mass is 35.5. The van der Waals surface area contributed by atoms with Gasteiger partial charge in [-0.05, 0) is 36.5 Å². The first-order valence-corrected chi connectivity index (χ1v) is 7.09. The average molecular weight is 291 g/mol. The van der Waals surface area contributed by atoms with E-state index in [1.165, 1.54) is 7.11 Å². The fraction of sp³-hybridized carbons (Fsp3) is 0.467. The molecule has 3 aliphatic carbocycles. The van der Waals surface area contributed by atoms with E-state index < -0.39 is 0 Å². The molecule has 5 heteroatoms. The van der Waals surface area contributed by atoms with Gasteiger partial charge in [0.15, 0.2) is 0 Å². The van der Waals surface area contributed by atoms with Gasteiger partial charge in [-0.25, -0.2) is 4.98 Å². The molecule has 104 valence electrons. The average Bonchev–Trinajstić information content (AvgIpc) is 2.77. The molecule has 5 rings (SSSR count). The molecular weight excluding hydrogens is 276 g/mol. The largest absolute Gasteiger partial charge is 0.469 e. The van der Waals surface area contributed by atoms with E-state index in [2.05, 4.69) is 16.5 Å². The Bertz CT molecular complexity index is 731. The Labute approximate surface area is 121 Å². The van der Waals surface area contributed by atoms with Crippen LogP contribution in [0.2, 0.25) is 5.15 Å². The van der Waals surface area contributed by atoms with Gasteiger partial charge in [-0.2, -0.15) is 0 Å². The molecule has 0 aromatic carbocycles. The summed E-state index contributed by atoms with van der Waals surface area (Å²) in [5.74, 6) is -0.102. The first kappa shape index (κ1) is 12.2. The quantitative estimate of drug-likeness (QED) is 0.630. The summed E-state index contributed by atoms with van der Waals surface area (Å²) in [7, 11) is 1.46. The van der Waals surface area contributed by atoms with Gasteiger partial charge in [0, 0.05) is 11.6 Å². The molecule has 3 aliphatic rings. The summed E-state index contributed by atoms with van der Waals surface area (Å²) >= 11 is 6.00. The molecule has 1 unspecified atom stereocenters. The monoisotopic (exact) mass is 290 g/mol. The van der Waals surface area contributed by atoms with Crippen LogP contribution in [0.15, 0.2) is 24.4 Å². The van der Waals surface area contributed by atoms with Gasteiger partial charge in [-0.15, -0.1) is 0 Å². The number of nitrogens with zero attached hydrogens (tertiary/aromatic N) is 2. The van der Waals surface area contributed by atoms with Gasteiger partial charge in [0.25, 0.3) is 0 Å². The highest BCUT2D eigenvalue weighted by molar-refractivity contribution is 6.29. The van der Waals surface area contributed by atoms with Crippen LogP contribution in [0.3, 0.4) is 0 Å². The van der Waals surface area contributed by atoms with Crippen molar-refractivity contribution in [3.63, 3.8) is 0 Å². The first-order valence-electron chi connectivity index (χ1n) is 6.72. The van der Waals surface area contributed by atoms with Crippen LogP contribution in [0.1, 0.15) is 25.8 Å². The molecule has 4 nitrogen and oxygen atoms in total. The molecule has 0 N–H and O–H groups in total. The highest BCUT2D eigenvalue weighted by Gasteiger charge is 2.78. The minimum atomic E-state index is -0.362. The predicted molar refractivity (Wildman–Crippen MR) is 75.6 cm³/mol. The SMILES string of the molecule is COC(=O)C12CC(C)(C1)C2n1ccc2ccc(Cl)nc21. The van der Waals surface area contributed by atoms with Crippen LogP contribution in [0.5, 0.6) is 0 Å². The predicted octanol–water partition coefficient (Wildman–Crippen LogP) is 3.20. The van der Waals surface area contributed by atoms with Gasteiger partial charge < -0.3 is 9.30 Å². The number of carbonyl (C=O) groups excluding carboxylic acids is 1. The number of esters is 1. The molecule has 0 spiro atoms. The van der Waals surface area contributed by atoms with Gasteiger partial charge in [-0.1, -0.05) is 18.5 Å². The van der Waals surface area contributed by atoms with Gasteiger partial charge in [0.1, 0.15) is 10.8 Å². The fourth-order valence-corrected chi connectivity index (χ4v) is 4.60. The van der Waals surface area contributed by atoms with E-state index >= 15 is 0 Å². The zero-order chi connectivity index (χ0) is 14.1. The van der Waals surface area contributed by atoms with Crippen LogP contribution in [0.4, 0.5) is 0 Å². The second kappa shape index (κ2) is 3.55. The minimum absolute atomic E-state index is 0.102. The lowest BCUT2D eigenvalue weighted by Gasteiger charge is -2.73. The first-order chi connectivity index (χ1) is 9.50. The zero-order valence-electron chi connectivity index (χ0n) is 11.4. The van der Waals surface area contributed by atoms with Gasteiger partial charge in [-0.3, -0.25) is 4.79 Å². The molecular formula is C15H15ClN2O2. The van der Waals surface area contributed by atoms with E-state index in [0.29, 0.717) is 5.15 Å². The van der Waals surface area contributed by atoms with E-state index in [-0.39, 0.29) is 22.8 Å². The summed E-state index contributed by atoms with van der Waals surface area (Å²) in [6.45, 7) is 2.22. The molecule has 2 aromatic heterocycles. The molecule has 2 aromatic rings. The highest BCUT2D eigenvalue weighted by Crippen LogP contribution is 2.79. The lowest BCUT2D eigenvalue weighted by molar-refractivity contribution is -0.256. The Morgan fingerprint density at radius 2 is 2.20 bits per heavy atom. The van der Waals surface area contributed by atoms with Crippen molar-refractivity contribution in [3.8, 4) is 0 Å². The summed E-state index contributed by atoms with van der Waals surface area (Å²) in [5.41, 5.74) is 0.658. The van der Waals surface area contributed by atoms with Crippen LogP contribution in [0, 0.1) is 10.8 Å². The molecule has 3 fully saturated rings. The molecule has 2 bridgehead atoms. The van der Waals surface area contributed by atoms with Gasteiger partial charge in [0.2, 0.25) is 0 Å². The maximum atomic E-state index is 12.1. The fourth-order valence-electron chi connectivity index (χ4n) is 4.45. The molecule has 3 saturated carbocycles.